The van der Waals surface area contributed by atoms with E-state index in [1.165, 1.54) is 5.56 Å². The minimum atomic E-state index is -0.0474. The average Bonchev–Trinajstić information content (AvgIpc) is 2.60. The lowest BCUT2D eigenvalue weighted by Crippen LogP contribution is -2.24. The van der Waals surface area contributed by atoms with Crippen molar-refractivity contribution >= 4 is 23.3 Å². The molecule has 2 rings (SSSR count). The molecule has 0 aromatic heterocycles. The van der Waals surface area contributed by atoms with Crippen LogP contribution in [0.15, 0.2) is 40.8 Å². The Balaban J connectivity index is 2.21. The number of oxime groups is 1. The third-order valence-corrected chi connectivity index (χ3v) is 4.90. The van der Waals surface area contributed by atoms with E-state index >= 15 is 0 Å². The minimum Gasteiger partial charge on any atom is -0.511 e. The molecule has 1 aliphatic rings. The summed E-state index contributed by atoms with van der Waals surface area (Å²) in [5.41, 5.74) is 3.31. The number of Topliss-reactive ketones (excluding diaryl/α,β-unsaturated/α-hetero) is 1. The Labute approximate surface area is 154 Å². The smallest absolute Gasteiger partial charge is 0.168 e. The summed E-state index contributed by atoms with van der Waals surface area (Å²) < 4.78 is 0. The first-order chi connectivity index (χ1) is 12.1. The van der Waals surface area contributed by atoms with E-state index in [9.17, 15) is 9.90 Å². The predicted molar refractivity (Wildman–Crippen MR) is 104 cm³/mol. The van der Waals surface area contributed by atoms with E-state index in [0.717, 1.165) is 17.7 Å². The molecular weight excluding hydrogens is 334 g/mol. The number of carbonyl (C=O) groups excluding carboxylic acids is 1. The SMILES string of the molecule is CCC/C(=N\OCC)C1=C(O)CC(c2ccc(CSC)cc2)CC1=O. The van der Waals surface area contributed by atoms with E-state index in [-0.39, 0.29) is 17.5 Å². The Bertz CT molecular complexity index is 649. The van der Waals surface area contributed by atoms with E-state index < -0.39 is 0 Å². The van der Waals surface area contributed by atoms with Gasteiger partial charge in [0.25, 0.3) is 0 Å². The second kappa shape index (κ2) is 9.66. The molecule has 136 valence electrons. The summed E-state index contributed by atoms with van der Waals surface area (Å²) in [6.07, 6.45) is 4.42. The molecule has 0 saturated carbocycles. The maximum atomic E-state index is 12.7. The Morgan fingerprint density at radius 3 is 2.56 bits per heavy atom. The largest absolute Gasteiger partial charge is 0.511 e. The topological polar surface area (TPSA) is 58.9 Å². The lowest BCUT2D eigenvalue weighted by Gasteiger charge is -2.24. The van der Waals surface area contributed by atoms with Gasteiger partial charge in [0, 0.05) is 18.6 Å². The summed E-state index contributed by atoms with van der Waals surface area (Å²) in [5, 5.41) is 14.6. The van der Waals surface area contributed by atoms with Gasteiger partial charge < -0.3 is 9.94 Å². The first-order valence-corrected chi connectivity index (χ1v) is 10.2. The summed E-state index contributed by atoms with van der Waals surface area (Å²) in [6, 6.07) is 8.35. The van der Waals surface area contributed by atoms with Gasteiger partial charge in [-0.25, -0.2) is 0 Å². The van der Waals surface area contributed by atoms with Gasteiger partial charge in [0.15, 0.2) is 5.78 Å². The van der Waals surface area contributed by atoms with Crippen LogP contribution in [-0.4, -0.2) is 29.5 Å². The Morgan fingerprint density at radius 2 is 2.00 bits per heavy atom. The number of allylic oxidation sites excluding steroid dienone is 2. The lowest BCUT2D eigenvalue weighted by atomic mass is 9.80. The van der Waals surface area contributed by atoms with E-state index in [2.05, 4.69) is 35.7 Å². The first-order valence-electron chi connectivity index (χ1n) is 8.82. The van der Waals surface area contributed by atoms with Crippen molar-refractivity contribution in [1.82, 2.24) is 0 Å². The molecule has 5 heteroatoms. The third-order valence-electron chi connectivity index (χ3n) is 4.28. The molecule has 1 aromatic rings. The van der Waals surface area contributed by atoms with Crippen LogP contribution in [0, 0.1) is 0 Å². The molecule has 1 aliphatic carbocycles. The van der Waals surface area contributed by atoms with Gasteiger partial charge in [0.05, 0.1) is 11.3 Å². The normalized spacial score (nSPS) is 18.6. The summed E-state index contributed by atoms with van der Waals surface area (Å²) in [4.78, 5) is 17.8. The van der Waals surface area contributed by atoms with E-state index in [1.807, 2.05) is 13.8 Å². The molecule has 0 fully saturated rings. The Kier molecular flexibility index (Phi) is 7.56. The number of nitrogens with zero attached hydrogens (tertiary/aromatic N) is 1. The van der Waals surface area contributed by atoms with E-state index in [1.54, 1.807) is 11.8 Å². The maximum Gasteiger partial charge on any atom is 0.168 e. The second-order valence-corrected chi connectivity index (χ2v) is 7.10. The zero-order chi connectivity index (χ0) is 18.2. The summed E-state index contributed by atoms with van der Waals surface area (Å²) in [5.74, 6) is 1.10. The predicted octanol–water partition coefficient (Wildman–Crippen LogP) is 5.00. The number of ketones is 1. The minimum absolute atomic E-state index is 0.0227. The molecule has 1 unspecified atom stereocenters. The van der Waals surface area contributed by atoms with Crippen molar-refractivity contribution in [3.63, 3.8) is 0 Å². The van der Waals surface area contributed by atoms with Crippen LogP contribution in [0.3, 0.4) is 0 Å². The summed E-state index contributed by atoms with van der Waals surface area (Å²) in [6.45, 7) is 4.31. The van der Waals surface area contributed by atoms with Crippen LogP contribution in [-0.2, 0) is 15.4 Å². The molecule has 0 spiro atoms. The summed E-state index contributed by atoms with van der Waals surface area (Å²) >= 11 is 1.78. The monoisotopic (exact) mass is 361 g/mol. The average molecular weight is 362 g/mol. The number of carbonyl (C=O) groups is 1. The number of aliphatic hydroxyl groups excluding tert-OH is 1. The van der Waals surface area contributed by atoms with Crippen LogP contribution >= 0.6 is 11.8 Å². The molecule has 0 heterocycles. The number of aliphatic hydroxyl groups is 1. The lowest BCUT2D eigenvalue weighted by molar-refractivity contribution is -0.116. The van der Waals surface area contributed by atoms with Crippen LogP contribution in [0.25, 0.3) is 0 Å². The van der Waals surface area contributed by atoms with Gasteiger partial charge in [-0.15, -0.1) is 0 Å². The van der Waals surface area contributed by atoms with Crippen molar-refractivity contribution in [2.45, 2.75) is 51.2 Å². The molecule has 0 aliphatic heterocycles. The molecule has 4 nitrogen and oxygen atoms in total. The molecule has 1 atom stereocenters. The van der Waals surface area contributed by atoms with Crippen molar-refractivity contribution < 1.29 is 14.7 Å². The van der Waals surface area contributed by atoms with Gasteiger partial charge in [-0.1, -0.05) is 42.8 Å². The van der Waals surface area contributed by atoms with Crippen LogP contribution in [0.2, 0.25) is 0 Å². The van der Waals surface area contributed by atoms with Crippen molar-refractivity contribution in [3.05, 3.63) is 46.7 Å². The van der Waals surface area contributed by atoms with E-state index in [0.29, 0.717) is 37.2 Å². The maximum absolute atomic E-state index is 12.7. The molecule has 1 N–H and O–H groups in total. The van der Waals surface area contributed by atoms with Gasteiger partial charge in [-0.05, 0) is 36.6 Å². The highest BCUT2D eigenvalue weighted by atomic mass is 32.2. The highest BCUT2D eigenvalue weighted by molar-refractivity contribution is 7.97. The van der Waals surface area contributed by atoms with Crippen molar-refractivity contribution in [2.24, 2.45) is 5.16 Å². The Morgan fingerprint density at radius 1 is 1.28 bits per heavy atom. The molecular formula is C20H27NO3S. The first kappa shape index (κ1) is 19.6. The van der Waals surface area contributed by atoms with Crippen LogP contribution < -0.4 is 0 Å². The van der Waals surface area contributed by atoms with Crippen molar-refractivity contribution in [3.8, 4) is 0 Å². The van der Waals surface area contributed by atoms with Crippen molar-refractivity contribution in [2.75, 3.05) is 12.9 Å². The quantitative estimate of drug-likeness (QED) is 0.523. The number of benzene rings is 1. The number of hydrogen-bond donors (Lipinski definition) is 1. The van der Waals surface area contributed by atoms with Crippen molar-refractivity contribution in [1.29, 1.82) is 0 Å². The van der Waals surface area contributed by atoms with Gasteiger partial charge in [-0.3, -0.25) is 4.79 Å². The fraction of sp³-hybridized carbons (Fsp3) is 0.500. The third kappa shape index (κ3) is 5.11. The molecule has 25 heavy (non-hydrogen) atoms. The molecule has 0 radical (unpaired) electrons. The highest BCUT2D eigenvalue weighted by Crippen LogP contribution is 2.34. The molecule has 1 aromatic carbocycles. The number of rotatable bonds is 8. The van der Waals surface area contributed by atoms with E-state index in [4.69, 9.17) is 4.84 Å². The fourth-order valence-corrected chi connectivity index (χ4v) is 3.63. The van der Waals surface area contributed by atoms with Gasteiger partial charge >= 0.3 is 0 Å². The van der Waals surface area contributed by atoms with Gasteiger partial charge in [0.2, 0.25) is 0 Å². The molecule has 0 bridgehead atoms. The van der Waals surface area contributed by atoms with Crippen LogP contribution in [0.4, 0.5) is 0 Å². The fourth-order valence-electron chi connectivity index (χ4n) is 3.11. The van der Waals surface area contributed by atoms with Gasteiger partial charge in [-0.2, -0.15) is 11.8 Å². The summed E-state index contributed by atoms with van der Waals surface area (Å²) in [7, 11) is 0. The van der Waals surface area contributed by atoms with Gasteiger partial charge in [0.1, 0.15) is 12.4 Å². The number of thioether (sulfide) groups is 1. The van der Waals surface area contributed by atoms with Crippen LogP contribution in [0.5, 0.6) is 0 Å². The Hall–Kier alpha value is -1.75. The number of hydrogen-bond acceptors (Lipinski definition) is 5. The standard InChI is InChI=1S/C20H27NO3S/c1-4-6-17(21-24-5-2)20-18(22)11-16(12-19(20)23)15-9-7-14(8-10-15)13-25-3/h7-10,16,22H,4-6,11-13H2,1-3H3/b21-17+. The molecule has 0 amide bonds. The second-order valence-electron chi connectivity index (χ2n) is 6.23. The highest BCUT2D eigenvalue weighted by Gasteiger charge is 2.31. The zero-order valence-corrected chi connectivity index (χ0v) is 16.1. The van der Waals surface area contributed by atoms with Crippen LogP contribution in [0.1, 0.15) is 56.6 Å². The molecule has 0 saturated heterocycles. The zero-order valence-electron chi connectivity index (χ0n) is 15.2.